The number of nitrogens with zero attached hydrogens (tertiary/aromatic N) is 2. The van der Waals surface area contributed by atoms with Crippen molar-refractivity contribution in [3.8, 4) is 5.75 Å². The van der Waals surface area contributed by atoms with Gasteiger partial charge in [-0.05, 0) is 30.7 Å². The summed E-state index contributed by atoms with van der Waals surface area (Å²) in [6.45, 7) is 6.39. The molecule has 2 amide bonds. The van der Waals surface area contributed by atoms with Gasteiger partial charge in [0, 0.05) is 13.0 Å². The Morgan fingerprint density at radius 1 is 1.29 bits per heavy atom. The number of quaternary nitrogens is 1. The molecule has 0 atom stereocenters. The van der Waals surface area contributed by atoms with Crippen LogP contribution in [0.4, 0.5) is 0 Å². The normalized spacial score (nSPS) is 19.6. The molecule has 3 rings (SSSR count). The molecule has 2 saturated heterocycles. The van der Waals surface area contributed by atoms with Crippen LogP contribution in [0.25, 0.3) is 6.08 Å². The molecule has 0 bridgehead atoms. The third-order valence-electron chi connectivity index (χ3n) is 4.88. The van der Waals surface area contributed by atoms with Crippen LogP contribution in [-0.4, -0.2) is 72.3 Å². The summed E-state index contributed by atoms with van der Waals surface area (Å²) in [5.74, 6) is 0.771. The van der Waals surface area contributed by atoms with Crippen molar-refractivity contribution in [1.29, 1.82) is 0 Å². The number of carbonyl (C=O) groups is 2. The SMILES string of the molecule is CCOc1ccc(/C=C2/SC(=S)N(CCC(=O)N3CC[NH+](C)CC3)C2=O)cc1. The first-order valence-electron chi connectivity index (χ1n) is 9.55. The van der Waals surface area contributed by atoms with E-state index in [1.807, 2.05) is 42.2 Å². The van der Waals surface area contributed by atoms with Crippen LogP contribution in [0.1, 0.15) is 18.9 Å². The minimum atomic E-state index is -0.125. The van der Waals surface area contributed by atoms with Crippen molar-refractivity contribution in [2.45, 2.75) is 13.3 Å². The van der Waals surface area contributed by atoms with Crippen molar-refractivity contribution in [3.05, 3.63) is 34.7 Å². The van der Waals surface area contributed by atoms with Crippen molar-refractivity contribution < 1.29 is 19.2 Å². The molecule has 0 saturated carbocycles. The summed E-state index contributed by atoms with van der Waals surface area (Å²) in [6.07, 6.45) is 2.14. The second-order valence-electron chi connectivity index (χ2n) is 6.92. The summed E-state index contributed by atoms with van der Waals surface area (Å²) in [4.78, 5) is 30.6. The molecule has 0 spiro atoms. The first kappa shape index (κ1) is 20.8. The summed E-state index contributed by atoms with van der Waals surface area (Å²) >= 11 is 6.66. The predicted molar refractivity (Wildman–Crippen MR) is 115 cm³/mol. The lowest BCUT2D eigenvalue weighted by atomic mass is 10.2. The standard InChI is InChI=1S/C20H25N3O3S2/c1-3-26-16-6-4-15(5-7-16)14-17-19(25)23(20(27)28-17)9-8-18(24)22-12-10-21(2)11-13-22/h4-7,14H,3,8-13H2,1-2H3/p+1/b17-14+. The van der Waals surface area contributed by atoms with E-state index in [0.29, 0.717) is 28.8 Å². The topological polar surface area (TPSA) is 54.3 Å². The number of thiocarbonyl (C=S) groups is 1. The molecule has 2 aliphatic rings. The van der Waals surface area contributed by atoms with E-state index in [2.05, 4.69) is 7.05 Å². The van der Waals surface area contributed by atoms with E-state index >= 15 is 0 Å². The Labute approximate surface area is 175 Å². The Morgan fingerprint density at radius 3 is 2.61 bits per heavy atom. The molecule has 2 fully saturated rings. The van der Waals surface area contributed by atoms with Gasteiger partial charge < -0.3 is 14.5 Å². The number of rotatable bonds is 6. The van der Waals surface area contributed by atoms with E-state index in [4.69, 9.17) is 17.0 Å². The van der Waals surface area contributed by atoms with Gasteiger partial charge in [0.2, 0.25) is 5.91 Å². The third-order valence-corrected chi connectivity index (χ3v) is 6.26. The molecular weight excluding hydrogens is 394 g/mol. The minimum Gasteiger partial charge on any atom is -0.494 e. The Kier molecular flexibility index (Phi) is 7.09. The fourth-order valence-corrected chi connectivity index (χ4v) is 4.48. The predicted octanol–water partition coefficient (Wildman–Crippen LogP) is 1.03. The zero-order chi connectivity index (χ0) is 20.1. The zero-order valence-electron chi connectivity index (χ0n) is 16.3. The maximum Gasteiger partial charge on any atom is 0.266 e. The van der Waals surface area contributed by atoms with E-state index in [0.717, 1.165) is 37.5 Å². The molecule has 0 aliphatic carbocycles. The van der Waals surface area contributed by atoms with Crippen LogP contribution in [0, 0.1) is 0 Å². The number of thioether (sulfide) groups is 1. The van der Waals surface area contributed by atoms with Gasteiger partial charge in [0.15, 0.2) is 0 Å². The smallest absolute Gasteiger partial charge is 0.266 e. The third kappa shape index (κ3) is 5.12. The van der Waals surface area contributed by atoms with Crippen molar-refractivity contribution in [1.82, 2.24) is 9.80 Å². The number of benzene rings is 1. The summed E-state index contributed by atoms with van der Waals surface area (Å²) in [7, 11) is 2.14. The first-order chi connectivity index (χ1) is 13.5. The zero-order valence-corrected chi connectivity index (χ0v) is 17.9. The number of hydrogen-bond donors (Lipinski definition) is 1. The molecule has 150 valence electrons. The largest absolute Gasteiger partial charge is 0.494 e. The molecule has 1 N–H and O–H groups in total. The van der Waals surface area contributed by atoms with Gasteiger partial charge in [0.05, 0.1) is 44.7 Å². The average Bonchev–Trinajstić information content (AvgIpc) is 2.95. The van der Waals surface area contributed by atoms with E-state index in [1.165, 1.54) is 16.7 Å². The van der Waals surface area contributed by atoms with Crippen LogP contribution >= 0.6 is 24.0 Å². The highest BCUT2D eigenvalue weighted by molar-refractivity contribution is 8.26. The second kappa shape index (κ2) is 9.54. The Bertz CT molecular complexity index is 771. The Hall–Kier alpha value is -1.90. The molecule has 28 heavy (non-hydrogen) atoms. The molecular formula is C20H26N3O3S2+. The summed E-state index contributed by atoms with van der Waals surface area (Å²) in [5, 5.41) is 0. The molecule has 0 unspecified atom stereocenters. The lowest BCUT2D eigenvalue weighted by Crippen LogP contribution is -3.12. The van der Waals surface area contributed by atoms with Gasteiger partial charge in [-0.1, -0.05) is 36.1 Å². The Morgan fingerprint density at radius 2 is 1.96 bits per heavy atom. The van der Waals surface area contributed by atoms with E-state index in [9.17, 15) is 9.59 Å². The van der Waals surface area contributed by atoms with E-state index in [1.54, 1.807) is 4.90 Å². The highest BCUT2D eigenvalue weighted by Gasteiger charge is 2.32. The summed E-state index contributed by atoms with van der Waals surface area (Å²) in [5.41, 5.74) is 0.917. The maximum atomic E-state index is 12.7. The van der Waals surface area contributed by atoms with Crippen LogP contribution in [0.5, 0.6) is 5.75 Å². The molecule has 1 aromatic rings. The van der Waals surface area contributed by atoms with Gasteiger partial charge in [0.1, 0.15) is 10.1 Å². The number of carbonyl (C=O) groups excluding carboxylic acids is 2. The molecule has 2 aliphatic heterocycles. The van der Waals surface area contributed by atoms with Crippen molar-refractivity contribution in [2.24, 2.45) is 0 Å². The lowest BCUT2D eigenvalue weighted by Gasteiger charge is -2.30. The monoisotopic (exact) mass is 420 g/mol. The van der Waals surface area contributed by atoms with Crippen LogP contribution in [0.15, 0.2) is 29.2 Å². The molecule has 1 aromatic carbocycles. The van der Waals surface area contributed by atoms with Gasteiger partial charge in [-0.2, -0.15) is 0 Å². The quantitative estimate of drug-likeness (QED) is 0.550. The fourth-order valence-electron chi connectivity index (χ4n) is 3.17. The highest BCUT2D eigenvalue weighted by atomic mass is 32.2. The van der Waals surface area contributed by atoms with Crippen LogP contribution in [-0.2, 0) is 9.59 Å². The minimum absolute atomic E-state index is 0.0945. The molecule has 8 heteroatoms. The van der Waals surface area contributed by atoms with Gasteiger partial charge in [-0.25, -0.2) is 0 Å². The van der Waals surface area contributed by atoms with Crippen molar-refractivity contribution >= 4 is 46.2 Å². The molecule has 0 aromatic heterocycles. The number of ether oxygens (including phenoxy) is 1. The number of amides is 2. The number of hydrogen-bond acceptors (Lipinski definition) is 5. The fraction of sp³-hybridized carbons (Fsp3) is 0.450. The summed E-state index contributed by atoms with van der Waals surface area (Å²) in [6, 6.07) is 7.59. The molecule has 2 heterocycles. The van der Waals surface area contributed by atoms with Crippen LogP contribution in [0.3, 0.4) is 0 Å². The van der Waals surface area contributed by atoms with Crippen molar-refractivity contribution in [3.63, 3.8) is 0 Å². The van der Waals surface area contributed by atoms with Gasteiger partial charge in [-0.3, -0.25) is 14.5 Å². The maximum absolute atomic E-state index is 12.7. The highest BCUT2D eigenvalue weighted by Crippen LogP contribution is 2.32. The first-order valence-corrected chi connectivity index (χ1v) is 10.8. The summed E-state index contributed by atoms with van der Waals surface area (Å²) < 4.78 is 5.95. The van der Waals surface area contributed by atoms with Crippen LogP contribution in [0.2, 0.25) is 0 Å². The number of nitrogens with one attached hydrogen (secondary N) is 1. The van der Waals surface area contributed by atoms with Crippen molar-refractivity contribution in [2.75, 3.05) is 46.4 Å². The Balaban J connectivity index is 1.57. The number of likely N-dealkylation sites (N-methyl/N-ethyl adjacent to an activating group) is 1. The number of piperazine rings is 1. The van der Waals surface area contributed by atoms with E-state index in [-0.39, 0.29) is 11.8 Å². The average molecular weight is 421 g/mol. The molecule has 6 nitrogen and oxygen atoms in total. The lowest BCUT2D eigenvalue weighted by molar-refractivity contribution is -0.883. The van der Waals surface area contributed by atoms with Gasteiger partial charge in [0.25, 0.3) is 5.91 Å². The second-order valence-corrected chi connectivity index (χ2v) is 8.60. The van der Waals surface area contributed by atoms with Gasteiger partial charge >= 0.3 is 0 Å². The van der Waals surface area contributed by atoms with Gasteiger partial charge in [-0.15, -0.1) is 0 Å². The van der Waals surface area contributed by atoms with E-state index < -0.39 is 0 Å². The van der Waals surface area contributed by atoms with Crippen LogP contribution < -0.4 is 9.64 Å². The molecule has 0 radical (unpaired) electrons.